The molecule has 0 aliphatic carbocycles. The first-order valence-corrected chi connectivity index (χ1v) is 18.7. The lowest BCUT2D eigenvalue weighted by Crippen LogP contribution is -2.01. The van der Waals surface area contributed by atoms with Gasteiger partial charge < -0.3 is 13.7 Å². The predicted octanol–water partition coefficient (Wildman–Crippen LogP) is 12.9. The molecule has 11 aromatic rings. The predicted molar refractivity (Wildman–Crippen MR) is 231 cm³/mol. The Morgan fingerprint density at radius 3 is 1.54 bits per heavy atom. The van der Waals surface area contributed by atoms with E-state index in [9.17, 15) is 10.5 Å². The molecule has 0 saturated carbocycles. The van der Waals surface area contributed by atoms with Crippen molar-refractivity contribution in [2.45, 2.75) is 0 Å². The molecule has 262 valence electrons. The van der Waals surface area contributed by atoms with Gasteiger partial charge in [0.15, 0.2) is 5.69 Å². The summed E-state index contributed by atoms with van der Waals surface area (Å²) in [5.41, 5.74) is 12.2. The minimum atomic E-state index is 0.512. The standard InChI is InChI=1S/C51H28N6/c1-54-36-26-35(28-38(29-36)55-45-16-6-2-11-39(45)40-12-3-7-17-46(40)55)34-23-33(31-53)24-37(27-34)56-47-18-8-4-13-41(47)43-15-10-20-50(51(43)56)57-48-19-9-5-14-42(48)44-25-32(30-52)21-22-49(44)57/h2-29H. The van der Waals surface area contributed by atoms with Gasteiger partial charge in [-0.2, -0.15) is 10.5 Å². The van der Waals surface area contributed by atoms with Crippen LogP contribution >= 0.6 is 0 Å². The number of nitriles is 2. The minimum absolute atomic E-state index is 0.512. The molecule has 6 heteroatoms. The second-order valence-corrected chi connectivity index (χ2v) is 14.3. The fourth-order valence-electron chi connectivity index (χ4n) is 8.88. The fraction of sp³-hybridized carbons (Fsp3) is 0. The summed E-state index contributed by atoms with van der Waals surface area (Å²) in [6.45, 7) is 8.14. The van der Waals surface area contributed by atoms with Gasteiger partial charge in [-0.05, 0) is 96.1 Å². The van der Waals surface area contributed by atoms with Crippen LogP contribution in [0.15, 0.2) is 170 Å². The van der Waals surface area contributed by atoms with E-state index in [1.54, 1.807) is 0 Å². The molecule has 0 N–H and O–H groups in total. The Bertz CT molecular complexity index is 3580. The SMILES string of the molecule is [C-]#[N+]c1cc(-c2cc(C#N)cc(-n3c4ccccc4c4cccc(-n5c6ccccc6c6cc(C#N)ccc65)c43)c2)cc(-n2c3ccccc3c3ccccc32)c1. The zero-order valence-corrected chi connectivity index (χ0v) is 30.3. The maximum atomic E-state index is 10.5. The van der Waals surface area contributed by atoms with Crippen LogP contribution in [0.5, 0.6) is 0 Å². The Balaban J connectivity index is 1.19. The first kappa shape index (κ1) is 32.1. The summed E-state index contributed by atoms with van der Waals surface area (Å²) < 4.78 is 6.78. The van der Waals surface area contributed by atoms with Crippen LogP contribution in [0.2, 0.25) is 0 Å². The molecule has 8 aromatic carbocycles. The normalized spacial score (nSPS) is 11.5. The number of nitrogens with zero attached hydrogens (tertiary/aromatic N) is 6. The van der Waals surface area contributed by atoms with E-state index in [1.165, 1.54) is 0 Å². The Hall–Kier alpha value is -8.37. The van der Waals surface area contributed by atoms with Crippen LogP contribution in [0.1, 0.15) is 11.1 Å². The van der Waals surface area contributed by atoms with Gasteiger partial charge in [0.25, 0.3) is 0 Å². The van der Waals surface area contributed by atoms with Crippen molar-refractivity contribution in [3.63, 3.8) is 0 Å². The molecule has 0 amide bonds. The Morgan fingerprint density at radius 2 is 0.912 bits per heavy atom. The first-order valence-electron chi connectivity index (χ1n) is 18.7. The van der Waals surface area contributed by atoms with Crippen molar-refractivity contribution in [2.75, 3.05) is 0 Å². The summed E-state index contributed by atoms with van der Waals surface area (Å²) in [5, 5.41) is 26.9. The molecule has 3 heterocycles. The molecular formula is C51H28N6. The molecule has 0 aliphatic rings. The third-order valence-electron chi connectivity index (χ3n) is 11.2. The molecule has 0 bridgehead atoms. The van der Waals surface area contributed by atoms with Crippen molar-refractivity contribution >= 4 is 71.1 Å². The number of benzene rings is 8. The van der Waals surface area contributed by atoms with E-state index in [4.69, 9.17) is 6.57 Å². The molecule has 0 unspecified atom stereocenters. The molecular weight excluding hydrogens is 697 g/mol. The van der Waals surface area contributed by atoms with Crippen LogP contribution in [0, 0.1) is 29.2 Å². The van der Waals surface area contributed by atoms with Crippen LogP contribution in [-0.2, 0) is 0 Å². The van der Waals surface area contributed by atoms with Crippen LogP contribution < -0.4 is 0 Å². The summed E-state index contributed by atoms with van der Waals surface area (Å²) in [6.07, 6.45) is 0. The molecule has 57 heavy (non-hydrogen) atoms. The number of hydrogen-bond acceptors (Lipinski definition) is 2. The monoisotopic (exact) mass is 724 g/mol. The van der Waals surface area contributed by atoms with Gasteiger partial charge >= 0.3 is 0 Å². The van der Waals surface area contributed by atoms with Gasteiger partial charge in [0.05, 0.1) is 68.6 Å². The molecule has 0 atom stereocenters. The number of fused-ring (bicyclic) bond motifs is 9. The Morgan fingerprint density at radius 1 is 0.404 bits per heavy atom. The highest BCUT2D eigenvalue weighted by Gasteiger charge is 2.21. The highest BCUT2D eigenvalue weighted by Crippen LogP contribution is 2.41. The summed E-state index contributed by atoms with van der Waals surface area (Å²) in [7, 11) is 0. The first-order chi connectivity index (χ1) is 28.1. The maximum absolute atomic E-state index is 10.5. The number of rotatable bonds is 4. The molecule has 11 rings (SSSR count). The molecule has 0 fully saturated rings. The van der Waals surface area contributed by atoms with Crippen molar-refractivity contribution in [3.8, 4) is 40.3 Å². The second-order valence-electron chi connectivity index (χ2n) is 14.3. The topological polar surface area (TPSA) is 66.7 Å². The van der Waals surface area contributed by atoms with Gasteiger partial charge in [0, 0.05) is 43.7 Å². The number of hydrogen-bond donors (Lipinski definition) is 0. The zero-order valence-electron chi connectivity index (χ0n) is 30.3. The number of aromatic nitrogens is 3. The third kappa shape index (κ3) is 4.74. The Kier molecular flexibility index (Phi) is 6.95. The highest BCUT2D eigenvalue weighted by molar-refractivity contribution is 6.15. The van der Waals surface area contributed by atoms with Gasteiger partial charge in [-0.3, -0.25) is 0 Å². The van der Waals surface area contributed by atoms with Gasteiger partial charge in [-0.25, -0.2) is 4.85 Å². The lowest BCUT2D eigenvalue weighted by Gasteiger charge is -2.16. The van der Waals surface area contributed by atoms with Crippen molar-refractivity contribution < 1.29 is 0 Å². The second kappa shape index (κ2) is 12.3. The van der Waals surface area contributed by atoms with E-state index in [0.717, 1.165) is 93.6 Å². The smallest absolute Gasteiger partial charge is 0.189 e. The van der Waals surface area contributed by atoms with Gasteiger partial charge in [-0.1, -0.05) is 84.9 Å². The highest BCUT2D eigenvalue weighted by atomic mass is 15.1. The van der Waals surface area contributed by atoms with Gasteiger partial charge in [-0.15, -0.1) is 0 Å². The Labute approximate surface area is 326 Å². The molecule has 0 saturated heterocycles. The van der Waals surface area contributed by atoms with E-state index in [0.29, 0.717) is 16.8 Å². The van der Waals surface area contributed by atoms with Crippen LogP contribution in [0.4, 0.5) is 5.69 Å². The van der Waals surface area contributed by atoms with E-state index in [2.05, 4.69) is 128 Å². The average Bonchev–Trinajstić information content (AvgIpc) is 3.91. The fourth-order valence-corrected chi connectivity index (χ4v) is 8.88. The lowest BCUT2D eigenvalue weighted by molar-refractivity contribution is 1.13. The summed E-state index contributed by atoms with van der Waals surface area (Å²) >= 11 is 0. The molecule has 3 aromatic heterocycles. The van der Waals surface area contributed by atoms with Crippen molar-refractivity contribution in [3.05, 3.63) is 192 Å². The average molecular weight is 725 g/mol. The molecule has 6 nitrogen and oxygen atoms in total. The summed E-state index contributed by atoms with van der Waals surface area (Å²) in [5.74, 6) is 0. The largest absolute Gasteiger partial charge is 0.310 e. The van der Waals surface area contributed by atoms with Crippen molar-refractivity contribution in [2.24, 2.45) is 0 Å². The lowest BCUT2D eigenvalue weighted by atomic mass is 10.0. The molecule has 0 radical (unpaired) electrons. The van der Waals surface area contributed by atoms with E-state index in [-0.39, 0.29) is 0 Å². The van der Waals surface area contributed by atoms with E-state index < -0.39 is 0 Å². The van der Waals surface area contributed by atoms with Crippen LogP contribution in [0.3, 0.4) is 0 Å². The van der Waals surface area contributed by atoms with E-state index >= 15 is 0 Å². The van der Waals surface area contributed by atoms with Crippen LogP contribution in [0.25, 0.3) is 98.5 Å². The van der Waals surface area contributed by atoms with Crippen molar-refractivity contribution in [1.29, 1.82) is 10.5 Å². The number of para-hydroxylation sites is 5. The molecule has 0 aliphatic heterocycles. The van der Waals surface area contributed by atoms with Crippen LogP contribution in [-0.4, -0.2) is 13.7 Å². The minimum Gasteiger partial charge on any atom is -0.310 e. The van der Waals surface area contributed by atoms with Gasteiger partial charge in [0.1, 0.15) is 0 Å². The summed E-state index contributed by atoms with van der Waals surface area (Å²) in [4.78, 5) is 3.93. The van der Waals surface area contributed by atoms with E-state index in [1.807, 2.05) is 72.8 Å². The van der Waals surface area contributed by atoms with Crippen molar-refractivity contribution in [1.82, 2.24) is 13.7 Å². The maximum Gasteiger partial charge on any atom is 0.189 e. The summed E-state index contributed by atoms with van der Waals surface area (Å²) in [6, 6.07) is 62.4. The quantitative estimate of drug-likeness (QED) is 0.170. The third-order valence-corrected chi connectivity index (χ3v) is 11.2. The van der Waals surface area contributed by atoms with Gasteiger partial charge in [0.2, 0.25) is 0 Å². The molecule has 0 spiro atoms. The zero-order chi connectivity index (χ0) is 38.2.